The Hall–Kier alpha value is -2.10. The van der Waals surface area contributed by atoms with Crippen LogP contribution in [-0.2, 0) is 16.0 Å². The minimum absolute atomic E-state index is 0.369. The average Bonchev–Trinajstić information content (AvgIpc) is 3.10. The molecule has 2 atom stereocenters. The molecule has 1 aromatic carbocycles. The molecule has 0 bridgehead atoms. The summed E-state index contributed by atoms with van der Waals surface area (Å²) in [7, 11) is 0. The number of aromatic nitrogens is 3. The Morgan fingerprint density at radius 1 is 1.31 bits per heavy atom. The topological polar surface area (TPSA) is 100 Å². The zero-order chi connectivity index (χ0) is 19.2. The Morgan fingerprint density at radius 3 is 2.42 bits per heavy atom. The molecule has 0 saturated carbocycles. The second-order valence-electron chi connectivity index (χ2n) is 7.01. The van der Waals surface area contributed by atoms with Gasteiger partial charge in [0.05, 0.1) is 16.4 Å². The minimum atomic E-state index is -1.26. The third-order valence-electron chi connectivity index (χ3n) is 4.05. The third kappa shape index (κ3) is 3.06. The summed E-state index contributed by atoms with van der Waals surface area (Å²) >= 11 is -0.0636. The van der Waals surface area contributed by atoms with E-state index in [2.05, 4.69) is 4.98 Å². The van der Waals surface area contributed by atoms with Crippen molar-refractivity contribution in [1.29, 1.82) is 0 Å². The highest BCUT2D eigenvalue weighted by Crippen LogP contribution is 2.33. The van der Waals surface area contributed by atoms with Crippen molar-refractivity contribution < 1.29 is 14.5 Å². The molecule has 1 N–H and O–H groups in total. The molecule has 0 radical (unpaired) electrons. The van der Waals surface area contributed by atoms with E-state index in [-0.39, 0.29) is 0 Å². The van der Waals surface area contributed by atoms with Crippen LogP contribution >= 0.6 is 11.3 Å². The van der Waals surface area contributed by atoms with Crippen molar-refractivity contribution in [3.8, 4) is 5.13 Å². The molecule has 0 aliphatic carbocycles. The van der Waals surface area contributed by atoms with E-state index in [1.165, 1.54) is 26.7 Å². The van der Waals surface area contributed by atoms with E-state index < -0.39 is 34.3 Å². The standard InChI is InChI=1S/C17H19N3O4S2/c1-17(2,3)13(14(21)22)19-10-7-5-6-8-11(10)20(16(19)23)15-18-12(9-25-15)26(4)24/h5-9,13H,1-4H3,(H,21,22). The average molecular weight is 393 g/mol. The lowest BCUT2D eigenvalue weighted by atomic mass is 9.86. The van der Waals surface area contributed by atoms with Gasteiger partial charge in [-0.1, -0.05) is 44.2 Å². The van der Waals surface area contributed by atoms with Crippen molar-refractivity contribution in [2.45, 2.75) is 31.8 Å². The van der Waals surface area contributed by atoms with Gasteiger partial charge in [0.25, 0.3) is 5.03 Å². The van der Waals surface area contributed by atoms with E-state index >= 15 is 0 Å². The predicted octanol–water partition coefficient (Wildman–Crippen LogP) is 2.66. The van der Waals surface area contributed by atoms with Crippen LogP contribution in [0.25, 0.3) is 16.2 Å². The van der Waals surface area contributed by atoms with Crippen molar-refractivity contribution in [2.75, 3.05) is 6.26 Å². The molecule has 2 heterocycles. The Balaban J connectivity index is 2.35. The quantitative estimate of drug-likeness (QED) is 0.687. The van der Waals surface area contributed by atoms with Crippen molar-refractivity contribution in [1.82, 2.24) is 14.1 Å². The number of rotatable bonds is 4. The Bertz CT molecular complexity index is 1030. The molecule has 26 heavy (non-hydrogen) atoms. The summed E-state index contributed by atoms with van der Waals surface area (Å²) in [6.45, 7) is 5.35. The second-order valence-corrected chi connectivity index (χ2v) is 9.17. The first-order valence-electron chi connectivity index (χ1n) is 7.87. The fourth-order valence-electron chi connectivity index (χ4n) is 2.96. The van der Waals surface area contributed by atoms with E-state index in [9.17, 15) is 19.2 Å². The molecule has 3 rings (SSSR count). The largest absolute Gasteiger partial charge is 0.610 e. The Kier molecular flexibility index (Phi) is 4.72. The number of hydrogen-bond acceptors (Lipinski definition) is 5. The highest BCUT2D eigenvalue weighted by Gasteiger charge is 2.36. The SMILES string of the molecule is C[S+]([O-])c1csc(-n2c(=O)n(C(C(=O)O)C(C)(C)C)c3ccccc32)n1. The summed E-state index contributed by atoms with van der Waals surface area (Å²) in [5.41, 5.74) is -0.0647. The monoisotopic (exact) mass is 393 g/mol. The van der Waals surface area contributed by atoms with Gasteiger partial charge < -0.3 is 9.66 Å². The minimum Gasteiger partial charge on any atom is -0.610 e. The first-order chi connectivity index (χ1) is 12.1. The molecule has 0 spiro atoms. The number of carboxylic acids is 1. The number of nitrogens with zero attached hydrogens (tertiary/aromatic N) is 3. The number of aliphatic carboxylic acids is 1. The van der Waals surface area contributed by atoms with Crippen LogP contribution in [0.15, 0.2) is 39.5 Å². The molecule has 2 unspecified atom stereocenters. The summed E-state index contributed by atoms with van der Waals surface area (Å²) in [5, 5.41) is 12.2. The number of hydrogen-bond donors (Lipinski definition) is 1. The van der Waals surface area contributed by atoms with Crippen LogP contribution < -0.4 is 5.69 Å². The molecular formula is C17H19N3O4S2. The smallest absolute Gasteiger partial charge is 0.336 e. The Morgan fingerprint density at radius 2 is 1.92 bits per heavy atom. The molecule has 2 aromatic heterocycles. The summed E-state index contributed by atoms with van der Waals surface area (Å²) in [6, 6.07) is 5.97. The van der Waals surface area contributed by atoms with Crippen molar-refractivity contribution in [3.05, 3.63) is 40.1 Å². The zero-order valence-corrected chi connectivity index (χ0v) is 16.4. The molecule has 138 valence electrons. The molecule has 0 aliphatic rings. The van der Waals surface area contributed by atoms with E-state index in [1.807, 2.05) is 0 Å². The van der Waals surface area contributed by atoms with Crippen LogP contribution in [0.2, 0.25) is 0 Å². The van der Waals surface area contributed by atoms with E-state index in [1.54, 1.807) is 50.4 Å². The van der Waals surface area contributed by atoms with Gasteiger partial charge in [-0.25, -0.2) is 14.2 Å². The number of imidazole rings is 1. The number of para-hydroxylation sites is 2. The normalized spacial score (nSPS) is 14.5. The highest BCUT2D eigenvalue weighted by molar-refractivity contribution is 7.90. The van der Waals surface area contributed by atoms with E-state index in [0.29, 0.717) is 21.2 Å². The molecule has 0 amide bonds. The lowest BCUT2D eigenvalue weighted by Gasteiger charge is -2.27. The fourth-order valence-corrected chi connectivity index (χ4v) is 4.61. The van der Waals surface area contributed by atoms with Gasteiger partial charge in [0.1, 0.15) is 12.3 Å². The van der Waals surface area contributed by atoms with Crippen LogP contribution in [0, 0.1) is 5.41 Å². The molecule has 3 aromatic rings. The number of thiazole rings is 1. The van der Waals surface area contributed by atoms with Crippen LogP contribution in [0.5, 0.6) is 0 Å². The van der Waals surface area contributed by atoms with Crippen LogP contribution in [0.1, 0.15) is 26.8 Å². The number of carboxylic acid groups (broad SMARTS) is 1. The first-order valence-corrected chi connectivity index (χ1v) is 10.3. The van der Waals surface area contributed by atoms with Gasteiger partial charge >= 0.3 is 11.7 Å². The molecular weight excluding hydrogens is 374 g/mol. The van der Waals surface area contributed by atoms with Gasteiger partial charge in [0, 0.05) is 11.2 Å². The fraction of sp³-hybridized carbons (Fsp3) is 0.353. The van der Waals surface area contributed by atoms with Crippen molar-refractivity contribution in [2.24, 2.45) is 5.41 Å². The molecule has 9 heteroatoms. The number of fused-ring (bicyclic) bond motifs is 1. The van der Waals surface area contributed by atoms with Gasteiger partial charge in [0.15, 0.2) is 0 Å². The van der Waals surface area contributed by atoms with Crippen molar-refractivity contribution in [3.63, 3.8) is 0 Å². The van der Waals surface area contributed by atoms with Gasteiger partial charge in [-0.05, 0) is 17.5 Å². The molecule has 0 saturated heterocycles. The highest BCUT2D eigenvalue weighted by atomic mass is 32.2. The van der Waals surface area contributed by atoms with Crippen LogP contribution in [0.3, 0.4) is 0 Å². The Labute approximate surface area is 157 Å². The molecule has 7 nitrogen and oxygen atoms in total. The number of benzene rings is 1. The summed E-state index contributed by atoms with van der Waals surface area (Å²) in [4.78, 5) is 29.5. The summed E-state index contributed by atoms with van der Waals surface area (Å²) in [5.74, 6) is -1.07. The third-order valence-corrected chi connectivity index (χ3v) is 5.82. The van der Waals surface area contributed by atoms with Gasteiger partial charge in [-0.15, -0.1) is 0 Å². The number of carbonyl (C=O) groups is 1. The maximum absolute atomic E-state index is 13.2. The second kappa shape index (κ2) is 6.57. The summed E-state index contributed by atoms with van der Waals surface area (Å²) < 4.78 is 14.4. The lowest BCUT2D eigenvalue weighted by Crippen LogP contribution is -2.38. The molecule has 0 aliphatic heterocycles. The van der Waals surface area contributed by atoms with Gasteiger partial charge in [-0.2, -0.15) is 4.98 Å². The molecule has 0 fully saturated rings. The van der Waals surface area contributed by atoms with Gasteiger partial charge in [-0.3, -0.25) is 4.57 Å². The maximum atomic E-state index is 13.2. The maximum Gasteiger partial charge on any atom is 0.336 e. The van der Waals surface area contributed by atoms with E-state index in [4.69, 9.17) is 0 Å². The lowest BCUT2D eigenvalue weighted by molar-refractivity contribution is -0.144. The first kappa shape index (κ1) is 18.7. The van der Waals surface area contributed by atoms with Gasteiger partial charge in [0.2, 0.25) is 5.13 Å². The zero-order valence-electron chi connectivity index (χ0n) is 14.8. The van der Waals surface area contributed by atoms with E-state index in [0.717, 1.165) is 0 Å². The van der Waals surface area contributed by atoms with Crippen LogP contribution in [0.4, 0.5) is 0 Å². The van der Waals surface area contributed by atoms with Crippen LogP contribution in [-0.4, -0.2) is 36.0 Å². The van der Waals surface area contributed by atoms with Crippen molar-refractivity contribution >= 4 is 39.5 Å². The predicted molar refractivity (Wildman–Crippen MR) is 102 cm³/mol. The summed E-state index contributed by atoms with van der Waals surface area (Å²) in [6.07, 6.45) is 1.52.